The van der Waals surface area contributed by atoms with E-state index in [4.69, 9.17) is 15.2 Å². The summed E-state index contributed by atoms with van der Waals surface area (Å²) in [5.74, 6) is -3.29. The Labute approximate surface area is 166 Å². The van der Waals surface area contributed by atoms with E-state index in [0.29, 0.717) is 10.6 Å². The molecule has 0 saturated heterocycles. The maximum atomic E-state index is 12.7. The molecule has 2 N–H and O–H groups in total. The quantitative estimate of drug-likeness (QED) is 0.431. The van der Waals surface area contributed by atoms with Crippen molar-refractivity contribution in [2.75, 3.05) is 19.5 Å². The predicted octanol–water partition coefficient (Wildman–Crippen LogP) is 2.37. The molecule has 0 spiro atoms. The Morgan fingerprint density at radius 2 is 1.96 bits per heavy atom. The third-order valence-corrected chi connectivity index (χ3v) is 4.87. The van der Waals surface area contributed by atoms with Gasteiger partial charge in [0.05, 0.1) is 28.8 Å². The van der Waals surface area contributed by atoms with Crippen molar-refractivity contribution in [2.24, 2.45) is 16.6 Å². The van der Waals surface area contributed by atoms with Gasteiger partial charge < -0.3 is 15.2 Å². The number of hydrogen-bond donors (Lipinski definition) is 1. The number of nitro groups is 1. The molecule has 1 aromatic rings. The van der Waals surface area contributed by atoms with Crippen LogP contribution in [-0.4, -0.2) is 41.4 Å². The van der Waals surface area contributed by atoms with Crippen molar-refractivity contribution in [3.05, 3.63) is 51.3 Å². The van der Waals surface area contributed by atoms with Crippen LogP contribution >= 0.6 is 11.8 Å². The lowest BCUT2D eigenvalue weighted by atomic mass is 9.79. The SMILES string of the molecule is CCOC(=O)C1=C(N)N=C(SC)C(C(=O)OCC)C1c1cccc([N+](=O)[O-])c1. The normalized spacial score (nSPS) is 19.0. The van der Waals surface area contributed by atoms with Gasteiger partial charge in [0.1, 0.15) is 11.7 Å². The summed E-state index contributed by atoms with van der Waals surface area (Å²) in [6.07, 6.45) is 1.72. The molecule has 10 heteroatoms. The van der Waals surface area contributed by atoms with Crippen molar-refractivity contribution < 1.29 is 24.0 Å². The minimum Gasteiger partial charge on any atom is -0.465 e. The highest BCUT2D eigenvalue weighted by Crippen LogP contribution is 2.41. The number of non-ortho nitro benzene ring substituents is 1. The van der Waals surface area contributed by atoms with E-state index >= 15 is 0 Å². The number of rotatable bonds is 6. The minimum atomic E-state index is -0.969. The van der Waals surface area contributed by atoms with Gasteiger partial charge in [-0.25, -0.2) is 9.79 Å². The Kier molecular flexibility index (Phi) is 7.16. The molecular formula is C18H21N3O6S. The Morgan fingerprint density at radius 1 is 1.29 bits per heavy atom. The predicted molar refractivity (Wildman–Crippen MR) is 105 cm³/mol. The van der Waals surface area contributed by atoms with E-state index in [-0.39, 0.29) is 30.3 Å². The Morgan fingerprint density at radius 3 is 2.54 bits per heavy atom. The fourth-order valence-corrected chi connectivity index (χ4v) is 3.67. The van der Waals surface area contributed by atoms with E-state index in [2.05, 4.69) is 4.99 Å². The van der Waals surface area contributed by atoms with Crippen LogP contribution in [0, 0.1) is 16.0 Å². The van der Waals surface area contributed by atoms with Crippen LogP contribution in [-0.2, 0) is 19.1 Å². The molecule has 0 radical (unpaired) electrons. The zero-order chi connectivity index (χ0) is 20.8. The third-order valence-electron chi connectivity index (χ3n) is 4.10. The molecule has 0 saturated carbocycles. The van der Waals surface area contributed by atoms with Gasteiger partial charge in [-0.05, 0) is 25.7 Å². The Balaban J connectivity index is 2.71. The highest BCUT2D eigenvalue weighted by atomic mass is 32.2. The average molecular weight is 407 g/mol. The van der Waals surface area contributed by atoms with Gasteiger partial charge in [0.25, 0.3) is 5.69 Å². The van der Waals surface area contributed by atoms with Crippen LogP contribution in [0.4, 0.5) is 5.69 Å². The second-order valence-corrected chi connectivity index (χ2v) is 6.56. The molecule has 2 rings (SSSR count). The van der Waals surface area contributed by atoms with Crippen LogP contribution < -0.4 is 5.73 Å². The fourth-order valence-electron chi connectivity index (χ4n) is 2.99. The van der Waals surface area contributed by atoms with Crippen molar-refractivity contribution in [3.63, 3.8) is 0 Å². The third kappa shape index (κ3) is 4.33. The number of nitro benzene ring substituents is 1. The molecule has 150 valence electrons. The second-order valence-electron chi connectivity index (χ2n) is 5.73. The lowest BCUT2D eigenvalue weighted by Gasteiger charge is -2.31. The number of carbonyl (C=O) groups is 2. The first kappa shape index (κ1) is 21.4. The van der Waals surface area contributed by atoms with Gasteiger partial charge in [-0.15, -0.1) is 11.8 Å². The lowest BCUT2D eigenvalue weighted by molar-refractivity contribution is -0.384. The minimum absolute atomic E-state index is 0.0156. The summed E-state index contributed by atoms with van der Waals surface area (Å²) in [5.41, 5.74) is 6.22. The van der Waals surface area contributed by atoms with Gasteiger partial charge in [0, 0.05) is 18.1 Å². The summed E-state index contributed by atoms with van der Waals surface area (Å²) in [5, 5.41) is 11.6. The van der Waals surface area contributed by atoms with Crippen LogP contribution in [0.15, 0.2) is 40.7 Å². The molecule has 2 atom stereocenters. The molecule has 0 amide bonds. The largest absolute Gasteiger partial charge is 0.465 e. The molecule has 0 fully saturated rings. The smallest absolute Gasteiger partial charge is 0.338 e. The van der Waals surface area contributed by atoms with Crippen molar-refractivity contribution in [2.45, 2.75) is 19.8 Å². The number of thioether (sulfide) groups is 1. The standard InChI is InChI=1S/C18H21N3O6S/c1-4-26-17(22)13-12(10-7-6-8-11(9-10)21(24)25)14(18(23)27-5-2)16(28-3)20-15(13)19/h6-9,12,14H,4-5,19H2,1-3H3. The van der Waals surface area contributed by atoms with Crippen LogP contribution in [0.5, 0.6) is 0 Å². The van der Waals surface area contributed by atoms with E-state index in [9.17, 15) is 19.7 Å². The molecule has 1 heterocycles. The monoisotopic (exact) mass is 407 g/mol. The van der Waals surface area contributed by atoms with Gasteiger partial charge in [-0.3, -0.25) is 14.9 Å². The molecule has 1 aliphatic rings. The van der Waals surface area contributed by atoms with Crippen LogP contribution in [0.25, 0.3) is 0 Å². The maximum absolute atomic E-state index is 12.7. The summed E-state index contributed by atoms with van der Waals surface area (Å²) in [4.78, 5) is 40.2. The van der Waals surface area contributed by atoms with Crippen LogP contribution in [0.3, 0.4) is 0 Å². The summed E-state index contributed by atoms with van der Waals surface area (Å²) in [6.45, 7) is 3.53. The molecule has 0 aliphatic carbocycles. The Bertz CT molecular complexity index is 851. The van der Waals surface area contributed by atoms with E-state index < -0.39 is 28.7 Å². The van der Waals surface area contributed by atoms with Gasteiger partial charge in [0.2, 0.25) is 0 Å². The topological polar surface area (TPSA) is 134 Å². The van der Waals surface area contributed by atoms with Gasteiger partial charge in [-0.2, -0.15) is 0 Å². The van der Waals surface area contributed by atoms with E-state index in [1.54, 1.807) is 26.2 Å². The van der Waals surface area contributed by atoms with E-state index in [1.807, 2.05) is 0 Å². The number of hydrogen-bond acceptors (Lipinski definition) is 9. The van der Waals surface area contributed by atoms with Gasteiger partial charge >= 0.3 is 11.9 Å². The highest BCUT2D eigenvalue weighted by Gasteiger charge is 2.44. The number of nitrogens with two attached hydrogens (primary N) is 1. The van der Waals surface area contributed by atoms with Crippen molar-refractivity contribution in [1.29, 1.82) is 0 Å². The fraction of sp³-hybridized carbons (Fsp3) is 0.389. The van der Waals surface area contributed by atoms with Gasteiger partial charge in [-0.1, -0.05) is 12.1 Å². The van der Waals surface area contributed by atoms with E-state index in [1.165, 1.54) is 30.0 Å². The summed E-state index contributed by atoms with van der Waals surface area (Å²) in [6, 6.07) is 5.72. The van der Waals surface area contributed by atoms with Crippen molar-refractivity contribution in [3.8, 4) is 0 Å². The van der Waals surface area contributed by atoms with E-state index in [0.717, 1.165) is 0 Å². The zero-order valence-electron chi connectivity index (χ0n) is 15.7. The molecule has 0 aromatic heterocycles. The molecule has 28 heavy (non-hydrogen) atoms. The number of carbonyl (C=O) groups excluding carboxylic acids is 2. The van der Waals surface area contributed by atoms with Crippen LogP contribution in [0.2, 0.25) is 0 Å². The van der Waals surface area contributed by atoms with Gasteiger partial charge in [0.15, 0.2) is 0 Å². The van der Waals surface area contributed by atoms with Crippen molar-refractivity contribution in [1.82, 2.24) is 0 Å². The average Bonchev–Trinajstić information content (AvgIpc) is 2.67. The first-order valence-corrected chi connectivity index (χ1v) is 9.78. The Hall–Kier alpha value is -2.88. The number of ether oxygens (including phenoxy) is 2. The number of benzene rings is 1. The highest BCUT2D eigenvalue weighted by molar-refractivity contribution is 8.13. The first-order valence-electron chi connectivity index (χ1n) is 8.55. The molecule has 1 aromatic carbocycles. The summed E-state index contributed by atoms with van der Waals surface area (Å²) < 4.78 is 10.3. The lowest BCUT2D eigenvalue weighted by Crippen LogP contribution is -2.37. The van der Waals surface area contributed by atoms with Crippen molar-refractivity contribution >= 4 is 34.4 Å². The first-order chi connectivity index (χ1) is 13.3. The molecule has 0 bridgehead atoms. The number of aliphatic imine (C=N–C) groups is 1. The number of esters is 2. The molecular weight excluding hydrogens is 386 g/mol. The molecule has 1 aliphatic heterocycles. The maximum Gasteiger partial charge on any atom is 0.338 e. The summed E-state index contributed by atoms with van der Waals surface area (Å²) in [7, 11) is 0. The molecule has 2 unspecified atom stereocenters. The summed E-state index contributed by atoms with van der Waals surface area (Å²) >= 11 is 1.20. The van der Waals surface area contributed by atoms with Crippen LogP contribution in [0.1, 0.15) is 25.3 Å². The number of nitrogens with zero attached hydrogens (tertiary/aromatic N) is 2. The zero-order valence-corrected chi connectivity index (χ0v) is 16.5. The second kappa shape index (κ2) is 9.36. The molecule has 9 nitrogen and oxygen atoms in total.